The Morgan fingerprint density at radius 3 is 2.40 bits per heavy atom. The van der Waals surface area contributed by atoms with Gasteiger partial charge in [-0.05, 0) is 36.8 Å². The number of halogens is 1. The molecule has 2 aromatic rings. The highest BCUT2D eigenvalue weighted by Gasteiger charge is 2.05. The molecule has 1 aromatic carbocycles. The van der Waals surface area contributed by atoms with Crippen molar-refractivity contribution in [3.8, 4) is 11.3 Å². The van der Waals surface area contributed by atoms with Crippen molar-refractivity contribution < 1.29 is 0 Å². The zero-order valence-electron chi connectivity index (χ0n) is 8.57. The molecular formula is C12H13ClN2. The van der Waals surface area contributed by atoms with Crippen LogP contribution >= 0.6 is 11.6 Å². The van der Waals surface area contributed by atoms with E-state index in [-0.39, 0.29) is 0 Å². The van der Waals surface area contributed by atoms with E-state index in [9.17, 15) is 0 Å². The fraction of sp³-hybridized carbons (Fsp3) is 0.167. The van der Waals surface area contributed by atoms with Gasteiger partial charge in [-0.3, -0.25) is 0 Å². The second-order valence-corrected chi connectivity index (χ2v) is 3.83. The van der Waals surface area contributed by atoms with E-state index in [0.717, 1.165) is 28.6 Å². The average molecular weight is 221 g/mol. The second-order valence-electron chi connectivity index (χ2n) is 3.39. The van der Waals surface area contributed by atoms with E-state index in [2.05, 4.69) is 11.5 Å². The van der Waals surface area contributed by atoms with Gasteiger partial charge in [0.25, 0.3) is 0 Å². The van der Waals surface area contributed by atoms with Gasteiger partial charge in [-0.15, -0.1) is 0 Å². The van der Waals surface area contributed by atoms with Gasteiger partial charge in [0.1, 0.15) is 5.82 Å². The lowest BCUT2D eigenvalue weighted by atomic mass is 10.1. The summed E-state index contributed by atoms with van der Waals surface area (Å²) in [6.07, 6.45) is 0. The highest BCUT2D eigenvalue weighted by molar-refractivity contribution is 6.30. The van der Waals surface area contributed by atoms with Crippen LogP contribution in [-0.4, -0.2) is 4.57 Å². The molecular weight excluding hydrogens is 208 g/mol. The first-order valence-corrected chi connectivity index (χ1v) is 5.31. The Labute approximate surface area is 94.3 Å². The lowest BCUT2D eigenvalue weighted by Gasteiger charge is -2.08. The Balaban J connectivity index is 2.49. The number of benzene rings is 1. The number of aromatic nitrogens is 1. The van der Waals surface area contributed by atoms with E-state index in [1.807, 2.05) is 36.4 Å². The highest BCUT2D eigenvalue weighted by Crippen LogP contribution is 2.25. The minimum Gasteiger partial charge on any atom is -0.385 e. The highest BCUT2D eigenvalue weighted by atomic mass is 35.5. The summed E-state index contributed by atoms with van der Waals surface area (Å²) in [6.45, 7) is 2.95. The molecule has 0 atom stereocenters. The number of nitrogen functional groups attached to an aromatic ring is 1. The number of nitrogens with zero attached hydrogens (tertiary/aromatic N) is 1. The van der Waals surface area contributed by atoms with E-state index < -0.39 is 0 Å². The molecule has 0 radical (unpaired) electrons. The minimum atomic E-state index is 0.751. The molecule has 0 saturated carbocycles. The maximum absolute atomic E-state index is 5.86. The normalized spacial score (nSPS) is 10.5. The van der Waals surface area contributed by atoms with Gasteiger partial charge in [0.15, 0.2) is 0 Å². The summed E-state index contributed by atoms with van der Waals surface area (Å²) in [5.41, 5.74) is 8.12. The van der Waals surface area contributed by atoms with Crippen molar-refractivity contribution in [1.29, 1.82) is 0 Å². The summed E-state index contributed by atoms with van der Waals surface area (Å²) >= 11 is 5.85. The summed E-state index contributed by atoms with van der Waals surface area (Å²) in [4.78, 5) is 0. The Bertz CT molecular complexity index is 457. The van der Waals surface area contributed by atoms with Crippen LogP contribution in [0.25, 0.3) is 11.3 Å². The Kier molecular flexibility index (Phi) is 2.69. The summed E-state index contributed by atoms with van der Waals surface area (Å²) in [7, 11) is 0. The first kappa shape index (κ1) is 10.1. The van der Waals surface area contributed by atoms with E-state index >= 15 is 0 Å². The van der Waals surface area contributed by atoms with Crippen molar-refractivity contribution in [2.24, 2.45) is 0 Å². The van der Waals surface area contributed by atoms with Gasteiger partial charge in [0.2, 0.25) is 0 Å². The summed E-state index contributed by atoms with van der Waals surface area (Å²) < 4.78 is 2.07. The minimum absolute atomic E-state index is 0.751. The van der Waals surface area contributed by atoms with Crippen LogP contribution in [0.2, 0.25) is 5.02 Å². The predicted octanol–water partition coefficient (Wildman–Crippen LogP) is 3.41. The smallest absolute Gasteiger partial charge is 0.103 e. The number of hydrogen-bond donors (Lipinski definition) is 1. The van der Waals surface area contributed by atoms with E-state index in [4.69, 9.17) is 17.3 Å². The molecule has 15 heavy (non-hydrogen) atoms. The molecule has 78 valence electrons. The van der Waals surface area contributed by atoms with Crippen molar-refractivity contribution in [2.45, 2.75) is 13.5 Å². The van der Waals surface area contributed by atoms with Gasteiger partial charge in [0.05, 0.1) is 0 Å². The summed E-state index contributed by atoms with van der Waals surface area (Å²) in [5, 5.41) is 0.751. The predicted molar refractivity (Wildman–Crippen MR) is 65.0 cm³/mol. The maximum atomic E-state index is 5.86. The SMILES string of the molecule is CCn1c(N)ccc1-c1ccc(Cl)cc1. The standard InChI is InChI=1S/C12H13ClN2/c1-2-15-11(7-8-12(15)14)9-3-5-10(13)6-4-9/h3-8H,2,14H2,1H3. The molecule has 1 heterocycles. The quantitative estimate of drug-likeness (QED) is 0.826. The van der Waals surface area contributed by atoms with Crippen LogP contribution in [0.1, 0.15) is 6.92 Å². The molecule has 0 aliphatic heterocycles. The molecule has 0 unspecified atom stereocenters. The summed E-state index contributed by atoms with van der Waals surface area (Å²) in [6, 6.07) is 11.7. The average Bonchev–Trinajstić information content (AvgIpc) is 2.61. The summed E-state index contributed by atoms with van der Waals surface area (Å²) in [5.74, 6) is 0.794. The Hall–Kier alpha value is -1.41. The zero-order chi connectivity index (χ0) is 10.8. The molecule has 2 N–H and O–H groups in total. The van der Waals surface area contributed by atoms with Gasteiger partial charge < -0.3 is 10.3 Å². The van der Waals surface area contributed by atoms with Crippen LogP contribution in [0, 0.1) is 0 Å². The van der Waals surface area contributed by atoms with Crippen LogP contribution in [0.3, 0.4) is 0 Å². The van der Waals surface area contributed by atoms with Gasteiger partial charge in [0, 0.05) is 17.3 Å². The van der Waals surface area contributed by atoms with Gasteiger partial charge >= 0.3 is 0 Å². The molecule has 0 saturated heterocycles. The van der Waals surface area contributed by atoms with Crippen LogP contribution in [0.5, 0.6) is 0 Å². The maximum Gasteiger partial charge on any atom is 0.103 e. The van der Waals surface area contributed by atoms with Crippen molar-refractivity contribution in [3.63, 3.8) is 0 Å². The third-order valence-corrected chi connectivity index (χ3v) is 2.72. The van der Waals surface area contributed by atoms with Crippen LogP contribution in [0.15, 0.2) is 36.4 Å². The Morgan fingerprint density at radius 1 is 1.13 bits per heavy atom. The first-order valence-electron chi connectivity index (χ1n) is 4.93. The number of nitrogens with two attached hydrogens (primary N) is 1. The zero-order valence-corrected chi connectivity index (χ0v) is 9.33. The number of hydrogen-bond acceptors (Lipinski definition) is 1. The lowest BCUT2D eigenvalue weighted by molar-refractivity contribution is 0.788. The molecule has 0 spiro atoms. The monoisotopic (exact) mass is 220 g/mol. The molecule has 2 nitrogen and oxygen atoms in total. The van der Waals surface area contributed by atoms with Crippen LogP contribution in [0.4, 0.5) is 5.82 Å². The van der Waals surface area contributed by atoms with Gasteiger partial charge in [-0.2, -0.15) is 0 Å². The molecule has 0 aliphatic rings. The third-order valence-electron chi connectivity index (χ3n) is 2.47. The largest absolute Gasteiger partial charge is 0.385 e. The molecule has 2 rings (SSSR count). The fourth-order valence-corrected chi connectivity index (χ4v) is 1.83. The van der Waals surface area contributed by atoms with Crippen molar-refractivity contribution >= 4 is 17.4 Å². The third kappa shape index (κ3) is 1.85. The van der Waals surface area contributed by atoms with Crippen LogP contribution in [-0.2, 0) is 6.54 Å². The molecule has 0 bridgehead atoms. The molecule has 0 amide bonds. The van der Waals surface area contributed by atoms with Crippen molar-refractivity contribution in [1.82, 2.24) is 4.57 Å². The van der Waals surface area contributed by atoms with E-state index in [1.165, 1.54) is 0 Å². The van der Waals surface area contributed by atoms with Gasteiger partial charge in [-0.1, -0.05) is 23.7 Å². The topological polar surface area (TPSA) is 30.9 Å². The van der Waals surface area contributed by atoms with Gasteiger partial charge in [-0.25, -0.2) is 0 Å². The second kappa shape index (κ2) is 3.99. The van der Waals surface area contributed by atoms with Crippen molar-refractivity contribution in [3.05, 3.63) is 41.4 Å². The van der Waals surface area contributed by atoms with Crippen LogP contribution < -0.4 is 5.73 Å². The fourth-order valence-electron chi connectivity index (χ4n) is 1.71. The Morgan fingerprint density at radius 2 is 1.80 bits per heavy atom. The van der Waals surface area contributed by atoms with E-state index in [0.29, 0.717) is 0 Å². The molecule has 0 fully saturated rings. The molecule has 0 aliphatic carbocycles. The number of anilines is 1. The molecule has 1 aromatic heterocycles. The van der Waals surface area contributed by atoms with Crippen molar-refractivity contribution in [2.75, 3.05) is 5.73 Å². The number of rotatable bonds is 2. The van der Waals surface area contributed by atoms with E-state index in [1.54, 1.807) is 0 Å². The first-order chi connectivity index (χ1) is 7.22. The molecule has 3 heteroatoms. The lowest BCUT2D eigenvalue weighted by Crippen LogP contribution is -2.01.